The summed E-state index contributed by atoms with van der Waals surface area (Å²) in [5.74, 6) is -0.488. The van der Waals surface area contributed by atoms with E-state index in [4.69, 9.17) is 9.26 Å². The van der Waals surface area contributed by atoms with Crippen molar-refractivity contribution >= 4 is 28.6 Å². The fourth-order valence-electron chi connectivity index (χ4n) is 2.52. The Morgan fingerprint density at radius 1 is 1.31 bits per heavy atom. The van der Waals surface area contributed by atoms with Crippen LogP contribution in [0, 0.1) is 6.92 Å². The van der Waals surface area contributed by atoms with Crippen molar-refractivity contribution in [1.82, 2.24) is 10.1 Å². The van der Waals surface area contributed by atoms with Gasteiger partial charge in [0.1, 0.15) is 5.76 Å². The van der Waals surface area contributed by atoms with Crippen molar-refractivity contribution in [3.63, 3.8) is 0 Å². The number of esters is 1. The number of para-hydroxylation sites is 1. The summed E-state index contributed by atoms with van der Waals surface area (Å²) >= 11 is 0. The Labute approximate surface area is 148 Å². The molecule has 26 heavy (non-hydrogen) atoms. The molecule has 8 heteroatoms. The molecule has 0 saturated heterocycles. The fourth-order valence-corrected chi connectivity index (χ4v) is 2.52. The van der Waals surface area contributed by atoms with Crippen LogP contribution in [0.5, 0.6) is 0 Å². The van der Waals surface area contributed by atoms with Crippen LogP contribution < -0.4 is 10.9 Å². The van der Waals surface area contributed by atoms with E-state index in [-0.39, 0.29) is 17.8 Å². The summed E-state index contributed by atoms with van der Waals surface area (Å²) in [6, 6.07) is 9.59. The monoisotopic (exact) mass is 355 g/mol. The van der Waals surface area contributed by atoms with Gasteiger partial charge >= 0.3 is 5.97 Å². The second kappa shape index (κ2) is 7.22. The average Bonchev–Trinajstić information content (AvgIpc) is 3.03. The van der Waals surface area contributed by atoms with Gasteiger partial charge in [-0.15, -0.1) is 0 Å². The Balaban J connectivity index is 1.81. The molecule has 3 rings (SSSR count). The van der Waals surface area contributed by atoms with Crippen LogP contribution in [-0.2, 0) is 9.53 Å². The molecule has 0 bridgehead atoms. The van der Waals surface area contributed by atoms with E-state index >= 15 is 0 Å². The number of aromatic nitrogens is 2. The summed E-state index contributed by atoms with van der Waals surface area (Å²) in [6.45, 7) is 3.40. The number of carbonyl (C=O) groups excluding carboxylic acids is 2. The van der Waals surface area contributed by atoms with Crippen LogP contribution in [0.25, 0.3) is 10.9 Å². The number of aryl methyl sites for hydroxylation is 1. The van der Waals surface area contributed by atoms with E-state index < -0.39 is 23.5 Å². The number of rotatable bonds is 5. The van der Waals surface area contributed by atoms with E-state index in [1.165, 1.54) is 0 Å². The molecule has 0 aliphatic rings. The lowest BCUT2D eigenvalue weighted by Crippen LogP contribution is -2.32. The second-order valence-electron chi connectivity index (χ2n) is 5.71. The number of hydrogen-bond acceptors (Lipinski definition) is 6. The molecule has 1 amide bonds. The first-order chi connectivity index (χ1) is 12.5. The second-order valence-corrected chi connectivity index (χ2v) is 5.71. The highest BCUT2D eigenvalue weighted by atomic mass is 16.5. The van der Waals surface area contributed by atoms with Gasteiger partial charge in [0.15, 0.2) is 11.9 Å². The summed E-state index contributed by atoms with van der Waals surface area (Å²) < 4.78 is 10.2. The van der Waals surface area contributed by atoms with Gasteiger partial charge in [0.25, 0.3) is 5.91 Å². The molecule has 2 N–H and O–H groups in total. The summed E-state index contributed by atoms with van der Waals surface area (Å²) in [5, 5.41) is 6.74. The van der Waals surface area contributed by atoms with Gasteiger partial charge in [-0.25, -0.2) is 4.79 Å². The maximum absolute atomic E-state index is 12.6. The molecule has 1 aromatic carbocycles. The predicted molar refractivity (Wildman–Crippen MR) is 93.9 cm³/mol. The maximum atomic E-state index is 12.6. The van der Waals surface area contributed by atoms with Gasteiger partial charge in [-0.05, 0) is 19.4 Å². The maximum Gasteiger partial charge on any atom is 0.339 e. The number of H-pyrrole nitrogens is 1. The minimum Gasteiger partial charge on any atom is -0.449 e. The van der Waals surface area contributed by atoms with E-state index in [2.05, 4.69) is 15.5 Å². The number of pyridine rings is 1. The number of ether oxygens (including phenoxy) is 1. The molecule has 1 atom stereocenters. The van der Waals surface area contributed by atoms with Crippen LogP contribution in [0.3, 0.4) is 0 Å². The molecule has 2 aromatic heterocycles. The standard InChI is InChI=1S/C18H17N3O5/c1-3-14(17(23)20-15-8-10(2)26-21-15)25-18(24)12-9-16(22)19-13-7-5-4-6-11(12)13/h4-9,14H,3H2,1-2H3,(H,19,22)(H,20,21,23). The quantitative estimate of drug-likeness (QED) is 0.679. The van der Waals surface area contributed by atoms with Crippen molar-refractivity contribution in [3.05, 3.63) is 58.1 Å². The van der Waals surface area contributed by atoms with Gasteiger partial charge in [-0.3, -0.25) is 9.59 Å². The molecule has 134 valence electrons. The number of anilines is 1. The summed E-state index contributed by atoms with van der Waals surface area (Å²) in [5.41, 5.74) is 0.196. The summed E-state index contributed by atoms with van der Waals surface area (Å²) in [6.07, 6.45) is -0.771. The number of carbonyl (C=O) groups is 2. The Hall–Kier alpha value is -3.42. The first-order valence-electron chi connectivity index (χ1n) is 8.05. The molecule has 3 aromatic rings. The molecule has 0 aliphatic carbocycles. The van der Waals surface area contributed by atoms with Gasteiger partial charge < -0.3 is 19.6 Å². The number of fused-ring (bicyclic) bond motifs is 1. The SMILES string of the molecule is CCC(OC(=O)c1cc(=O)[nH]c2ccccc12)C(=O)Nc1cc(C)on1. The van der Waals surface area contributed by atoms with E-state index in [0.29, 0.717) is 16.7 Å². The molecule has 2 heterocycles. The molecule has 0 radical (unpaired) electrons. The highest BCUT2D eigenvalue weighted by Gasteiger charge is 2.24. The first kappa shape index (κ1) is 17.4. The zero-order valence-electron chi connectivity index (χ0n) is 14.2. The third-order valence-electron chi connectivity index (χ3n) is 3.76. The van der Waals surface area contributed by atoms with Crippen LogP contribution in [-0.4, -0.2) is 28.1 Å². The molecular weight excluding hydrogens is 338 g/mol. The molecule has 0 saturated carbocycles. The van der Waals surface area contributed by atoms with Gasteiger partial charge in [0.2, 0.25) is 5.56 Å². The molecular formula is C18H17N3O5. The van der Waals surface area contributed by atoms with Crippen LogP contribution in [0.1, 0.15) is 29.5 Å². The average molecular weight is 355 g/mol. The fraction of sp³-hybridized carbons (Fsp3) is 0.222. The molecule has 8 nitrogen and oxygen atoms in total. The highest BCUT2D eigenvalue weighted by molar-refractivity contribution is 6.04. The Morgan fingerprint density at radius 2 is 2.08 bits per heavy atom. The topological polar surface area (TPSA) is 114 Å². The Bertz CT molecular complexity index is 1020. The first-order valence-corrected chi connectivity index (χ1v) is 8.05. The number of amides is 1. The van der Waals surface area contributed by atoms with E-state index in [9.17, 15) is 14.4 Å². The summed E-state index contributed by atoms with van der Waals surface area (Å²) in [7, 11) is 0. The predicted octanol–water partition coefficient (Wildman–Crippen LogP) is 2.40. The zero-order chi connectivity index (χ0) is 18.7. The molecule has 0 spiro atoms. The third-order valence-corrected chi connectivity index (χ3v) is 3.76. The lowest BCUT2D eigenvalue weighted by Gasteiger charge is -2.15. The molecule has 0 fully saturated rings. The van der Waals surface area contributed by atoms with Crippen LogP contribution in [0.15, 0.2) is 45.7 Å². The summed E-state index contributed by atoms with van der Waals surface area (Å²) in [4.78, 5) is 39.3. The number of nitrogens with zero attached hydrogens (tertiary/aromatic N) is 1. The third kappa shape index (κ3) is 3.64. The van der Waals surface area contributed by atoms with E-state index in [0.717, 1.165) is 6.07 Å². The van der Waals surface area contributed by atoms with Crippen LogP contribution >= 0.6 is 0 Å². The van der Waals surface area contributed by atoms with Crippen molar-refractivity contribution in [1.29, 1.82) is 0 Å². The normalized spacial score (nSPS) is 11.9. The zero-order valence-corrected chi connectivity index (χ0v) is 14.2. The smallest absolute Gasteiger partial charge is 0.339 e. The van der Waals surface area contributed by atoms with Crippen molar-refractivity contribution in [2.24, 2.45) is 0 Å². The number of nitrogens with one attached hydrogen (secondary N) is 2. The van der Waals surface area contributed by atoms with Crippen LogP contribution in [0.2, 0.25) is 0 Å². The van der Waals surface area contributed by atoms with E-state index in [1.807, 2.05) is 0 Å². The number of aromatic amines is 1. The number of benzene rings is 1. The minimum absolute atomic E-state index is 0.105. The lowest BCUT2D eigenvalue weighted by molar-refractivity contribution is -0.124. The van der Waals surface area contributed by atoms with Crippen molar-refractivity contribution < 1.29 is 18.8 Å². The lowest BCUT2D eigenvalue weighted by atomic mass is 10.1. The minimum atomic E-state index is -1.03. The number of hydrogen-bond donors (Lipinski definition) is 2. The van der Waals surface area contributed by atoms with Gasteiger partial charge in [-0.1, -0.05) is 30.3 Å². The Kier molecular flexibility index (Phi) is 4.83. The van der Waals surface area contributed by atoms with Crippen LogP contribution in [0.4, 0.5) is 5.82 Å². The van der Waals surface area contributed by atoms with Gasteiger partial charge in [0.05, 0.1) is 5.56 Å². The van der Waals surface area contributed by atoms with Crippen molar-refractivity contribution in [2.45, 2.75) is 26.4 Å². The largest absolute Gasteiger partial charge is 0.449 e. The molecule has 1 unspecified atom stereocenters. The Morgan fingerprint density at radius 3 is 2.77 bits per heavy atom. The highest BCUT2D eigenvalue weighted by Crippen LogP contribution is 2.17. The van der Waals surface area contributed by atoms with E-state index in [1.54, 1.807) is 44.2 Å². The van der Waals surface area contributed by atoms with Crippen molar-refractivity contribution in [2.75, 3.05) is 5.32 Å². The van der Waals surface area contributed by atoms with Crippen molar-refractivity contribution in [3.8, 4) is 0 Å². The van der Waals surface area contributed by atoms with Gasteiger partial charge in [0, 0.05) is 23.0 Å². The van der Waals surface area contributed by atoms with Gasteiger partial charge in [-0.2, -0.15) is 0 Å². The molecule has 0 aliphatic heterocycles.